The van der Waals surface area contributed by atoms with Crippen LogP contribution < -0.4 is 4.90 Å². The number of aromatic amines is 1. The van der Waals surface area contributed by atoms with Crippen molar-refractivity contribution in [3.05, 3.63) is 83.9 Å². The molecule has 0 fully saturated rings. The van der Waals surface area contributed by atoms with Crippen molar-refractivity contribution in [2.24, 2.45) is 27.5 Å². The Kier molecular flexibility index (Phi) is 12.3. The molecule has 1 atom stereocenters. The third-order valence-corrected chi connectivity index (χ3v) is 8.77. The second-order valence-corrected chi connectivity index (χ2v) is 12.7. The number of aromatic nitrogens is 2. The number of imidazole rings is 1. The van der Waals surface area contributed by atoms with Crippen LogP contribution in [-0.2, 0) is 6.54 Å². The van der Waals surface area contributed by atoms with E-state index in [0.29, 0.717) is 17.8 Å². The number of anilines is 1. The molecule has 4 rings (SSSR count). The molecule has 5 nitrogen and oxygen atoms in total. The molecule has 1 heterocycles. The molecule has 226 valence electrons. The summed E-state index contributed by atoms with van der Waals surface area (Å²) in [6, 6.07) is 25.5. The predicted octanol–water partition coefficient (Wildman–Crippen LogP) is 11.6. The fraction of sp³-hybridized carbons (Fsp3) is 0.486. The van der Waals surface area contributed by atoms with Crippen LogP contribution in [0.1, 0.15) is 98.6 Å². The first kappa shape index (κ1) is 33.0. The zero-order valence-electron chi connectivity index (χ0n) is 27.5. The highest BCUT2D eigenvalue weighted by Gasteiger charge is 2.32. The van der Waals surface area contributed by atoms with E-state index >= 15 is 0 Å². The lowest BCUT2D eigenvalue weighted by atomic mass is 9.66. The molecule has 0 spiro atoms. The highest BCUT2D eigenvalue weighted by molar-refractivity contribution is 5.76. The normalized spacial score (nSPS) is 12.6. The summed E-state index contributed by atoms with van der Waals surface area (Å²) in [6.45, 7) is 22.5. The number of H-pyrrole nitrogens is 1. The largest absolute Gasteiger partial charge is 0.367 e. The monoisotopic (exact) mass is 567 g/mol. The maximum Gasteiger partial charge on any atom is 0.247 e. The zero-order valence-corrected chi connectivity index (χ0v) is 27.5. The lowest BCUT2D eigenvalue weighted by Gasteiger charge is -2.38. The van der Waals surface area contributed by atoms with E-state index in [4.69, 9.17) is 0 Å². The van der Waals surface area contributed by atoms with Crippen LogP contribution in [0.2, 0.25) is 0 Å². The molecule has 1 N–H and O–H groups in total. The van der Waals surface area contributed by atoms with Crippen molar-refractivity contribution in [1.29, 1.82) is 0 Å². The Labute approximate surface area is 254 Å². The maximum atomic E-state index is 4.46. The number of nitrogens with zero attached hydrogens (tertiary/aromatic N) is 4. The topological polar surface area (TPSA) is 56.6 Å². The summed E-state index contributed by atoms with van der Waals surface area (Å²) < 4.78 is 0. The molecule has 0 radical (unpaired) electrons. The number of nitrogens with one attached hydrogen (secondary N) is 1. The SMILES string of the molecule is CCC(C)C.CCCC(c1ccc(CN(CC)c2ccc(N=Nc3nc4ccccc4[nH]3)cc2)cc1)C(C)(C)C(C)C. The second-order valence-electron chi connectivity index (χ2n) is 12.7. The Balaban J connectivity index is 0.000000892. The van der Waals surface area contributed by atoms with Gasteiger partial charge in [0.2, 0.25) is 5.95 Å². The molecule has 0 aliphatic rings. The molecule has 0 amide bonds. The molecule has 0 bridgehead atoms. The summed E-state index contributed by atoms with van der Waals surface area (Å²) in [4.78, 5) is 10.0. The summed E-state index contributed by atoms with van der Waals surface area (Å²) >= 11 is 0. The molecule has 0 aliphatic heterocycles. The molecule has 0 aliphatic carbocycles. The molecule has 42 heavy (non-hydrogen) atoms. The van der Waals surface area contributed by atoms with Crippen LogP contribution in [0.25, 0.3) is 11.0 Å². The van der Waals surface area contributed by atoms with Crippen molar-refractivity contribution >= 4 is 28.4 Å². The third kappa shape index (κ3) is 9.01. The van der Waals surface area contributed by atoms with E-state index in [1.165, 1.54) is 36.1 Å². The molecule has 1 aromatic heterocycles. The molecular weight excluding hydrogens is 514 g/mol. The van der Waals surface area contributed by atoms with Gasteiger partial charge in [0.25, 0.3) is 0 Å². The minimum absolute atomic E-state index is 0.274. The molecule has 4 aromatic rings. The van der Waals surface area contributed by atoms with Crippen molar-refractivity contribution in [3.8, 4) is 0 Å². The van der Waals surface area contributed by atoms with E-state index in [1.807, 2.05) is 36.4 Å². The standard InChI is InChI=1S/C32H41N5.C5H12/c1-7-11-28(32(5,6)23(3)4)25-16-14-24(15-17-25)22-37(8-2)27-20-18-26(19-21-27)35-36-31-33-29-12-9-10-13-30(29)34-31;1-4-5(2)3/h9-10,12-21,23,28H,7-8,11,22H2,1-6H3,(H,33,34);5H,4H2,1-3H3. The summed E-state index contributed by atoms with van der Waals surface area (Å²) in [7, 11) is 0. The van der Waals surface area contributed by atoms with Crippen LogP contribution in [0.3, 0.4) is 0 Å². The molecule has 0 saturated carbocycles. The molecule has 1 unspecified atom stereocenters. The van der Waals surface area contributed by atoms with E-state index < -0.39 is 0 Å². The van der Waals surface area contributed by atoms with Crippen molar-refractivity contribution in [2.45, 2.75) is 94.0 Å². The second kappa shape index (κ2) is 15.7. The zero-order chi connectivity index (χ0) is 30.7. The first-order chi connectivity index (χ1) is 20.1. The van der Waals surface area contributed by atoms with E-state index in [1.54, 1.807) is 0 Å². The minimum atomic E-state index is 0.274. The van der Waals surface area contributed by atoms with Crippen LogP contribution in [0.5, 0.6) is 0 Å². The van der Waals surface area contributed by atoms with Crippen molar-refractivity contribution < 1.29 is 0 Å². The third-order valence-electron chi connectivity index (χ3n) is 8.77. The van der Waals surface area contributed by atoms with Gasteiger partial charge >= 0.3 is 0 Å². The van der Waals surface area contributed by atoms with E-state index in [0.717, 1.165) is 35.7 Å². The summed E-state index contributed by atoms with van der Waals surface area (Å²) in [6.07, 6.45) is 3.74. The van der Waals surface area contributed by atoms with Crippen molar-refractivity contribution in [1.82, 2.24) is 9.97 Å². The Hall–Kier alpha value is -3.47. The van der Waals surface area contributed by atoms with Gasteiger partial charge in [-0.3, -0.25) is 0 Å². The lowest BCUT2D eigenvalue weighted by Crippen LogP contribution is -2.28. The smallest absolute Gasteiger partial charge is 0.247 e. The van der Waals surface area contributed by atoms with Crippen molar-refractivity contribution in [2.75, 3.05) is 11.4 Å². The van der Waals surface area contributed by atoms with Gasteiger partial charge in [0.15, 0.2) is 0 Å². The highest BCUT2D eigenvalue weighted by Crippen LogP contribution is 2.44. The molecule has 5 heteroatoms. The van der Waals surface area contributed by atoms with Gasteiger partial charge in [-0.2, -0.15) is 0 Å². The minimum Gasteiger partial charge on any atom is -0.367 e. The average Bonchev–Trinajstić information content (AvgIpc) is 3.41. The van der Waals surface area contributed by atoms with Crippen LogP contribution in [0.15, 0.2) is 83.0 Å². The number of rotatable bonds is 12. The van der Waals surface area contributed by atoms with Gasteiger partial charge < -0.3 is 9.88 Å². The first-order valence-corrected chi connectivity index (χ1v) is 15.9. The highest BCUT2D eigenvalue weighted by atomic mass is 15.2. The lowest BCUT2D eigenvalue weighted by molar-refractivity contribution is 0.183. The number of hydrogen-bond acceptors (Lipinski definition) is 4. The van der Waals surface area contributed by atoms with Crippen LogP contribution in [0, 0.1) is 17.3 Å². The van der Waals surface area contributed by atoms with E-state index in [-0.39, 0.29) is 5.41 Å². The molecular formula is C37H53N5. The van der Waals surface area contributed by atoms with Crippen LogP contribution >= 0.6 is 0 Å². The van der Waals surface area contributed by atoms with Crippen LogP contribution in [-0.4, -0.2) is 16.5 Å². The number of hydrogen-bond donors (Lipinski definition) is 1. The van der Waals surface area contributed by atoms with Gasteiger partial charge in [0, 0.05) is 18.8 Å². The van der Waals surface area contributed by atoms with Gasteiger partial charge in [0.1, 0.15) is 0 Å². The molecule has 3 aromatic carbocycles. The number of azo groups is 1. The fourth-order valence-electron chi connectivity index (χ4n) is 4.94. The van der Waals surface area contributed by atoms with Gasteiger partial charge in [0.05, 0.1) is 16.7 Å². The van der Waals surface area contributed by atoms with Gasteiger partial charge in [-0.25, -0.2) is 4.98 Å². The summed E-state index contributed by atoms with van der Waals surface area (Å²) in [5.74, 6) is 2.62. The number of benzene rings is 3. The summed E-state index contributed by atoms with van der Waals surface area (Å²) in [5.41, 5.74) is 6.91. The quantitative estimate of drug-likeness (QED) is 0.173. The molecule has 0 saturated heterocycles. The first-order valence-electron chi connectivity index (χ1n) is 15.9. The Bertz CT molecular complexity index is 1330. The van der Waals surface area contributed by atoms with Crippen LogP contribution in [0.4, 0.5) is 17.3 Å². The van der Waals surface area contributed by atoms with Gasteiger partial charge in [-0.15, -0.1) is 10.2 Å². The average molecular weight is 568 g/mol. The fourth-order valence-corrected chi connectivity index (χ4v) is 4.94. The maximum absolute atomic E-state index is 4.46. The van der Waals surface area contributed by atoms with E-state index in [2.05, 4.69) is 124 Å². The predicted molar refractivity (Wildman–Crippen MR) is 181 cm³/mol. The number of fused-ring (bicyclic) bond motifs is 1. The Morgan fingerprint density at radius 2 is 1.48 bits per heavy atom. The van der Waals surface area contributed by atoms with Crippen molar-refractivity contribution in [3.63, 3.8) is 0 Å². The number of para-hydroxylation sites is 2. The van der Waals surface area contributed by atoms with Gasteiger partial charge in [-0.05, 0) is 84.0 Å². The van der Waals surface area contributed by atoms with Gasteiger partial charge in [-0.1, -0.05) is 105 Å². The van der Waals surface area contributed by atoms with E-state index in [9.17, 15) is 0 Å². The Morgan fingerprint density at radius 1 is 0.833 bits per heavy atom. The Morgan fingerprint density at radius 3 is 2.02 bits per heavy atom. The summed E-state index contributed by atoms with van der Waals surface area (Å²) in [5, 5.41) is 8.65.